The Kier molecular flexibility index (Phi) is 8.41. The number of amides is 2. The van der Waals surface area contributed by atoms with Crippen molar-refractivity contribution in [2.45, 2.75) is 39.5 Å². The minimum Gasteiger partial charge on any atom is -0.491 e. The molecule has 0 fully saturated rings. The highest BCUT2D eigenvalue weighted by molar-refractivity contribution is 5.99. The van der Waals surface area contributed by atoms with Crippen LogP contribution in [0.4, 0.5) is 5.69 Å². The summed E-state index contributed by atoms with van der Waals surface area (Å²) >= 11 is 0. The van der Waals surface area contributed by atoms with Crippen molar-refractivity contribution in [3.63, 3.8) is 0 Å². The van der Waals surface area contributed by atoms with Gasteiger partial charge in [-0.15, -0.1) is 0 Å². The first-order chi connectivity index (χ1) is 15.8. The first kappa shape index (κ1) is 24.7. The Balaban J connectivity index is 1.94. The van der Waals surface area contributed by atoms with Crippen molar-refractivity contribution in [2.24, 2.45) is 5.92 Å². The lowest BCUT2D eigenvalue weighted by Crippen LogP contribution is -2.46. The number of nitrogens with zero attached hydrogens (tertiary/aromatic N) is 3. The summed E-state index contributed by atoms with van der Waals surface area (Å²) in [6.45, 7) is 8.08. The maximum Gasteiger partial charge on any atom is 0.257 e. The van der Waals surface area contributed by atoms with Gasteiger partial charge in [-0.2, -0.15) is 0 Å². The van der Waals surface area contributed by atoms with Crippen molar-refractivity contribution in [1.29, 1.82) is 0 Å². The Morgan fingerprint density at radius 1 is 1.27 bits per heavy atom. The zero-order chi connectivity index (χ0) is 24.0. The molecular weight excluding hydrogens is 420 g/mol. The van der Waals surface area contributed by atoms with Gasteiger partial charge >= 0.3 is 0 Å². The molecule has 0 saturated heterocycles. The second kappa shape index (κ2) is 11.2. The van der Waals surface area contributed by atoms with Gasteiger partial charge in [-0.1, -0.05) is 13.0 Å². The van der Waals surface area contributed by atoms with Gasteiger partial charge in [-0.3, -0.25) is 19.5 Å². The van der Waals surface area contributed by atoms with Gasteiger partial charge in [-0.05, 0) is 42.7 Å². The molecule has 0 saturated carbocycles. The first-order valence-corrected chi connectivity index (χ1v) is 11.2. The van der Waals surface area contributed by atoms with E-state index in [-0.39, 0.29) is 29.9 Å². The molecule has 1 N–H and O–H groups in total. The summed E-state index contributed by atoms with van der Waals surface area (Å²) in [6, 6.07) is 9.26. The topological polar surface area (TPSA) is 84.0 Å². The van der Waals surface area contributed by atoms with E-state index in [4.69, 9.17) is 9.47 Å². The van der Waals surface area contributed by atoms with E-state index in [1.54, 1.807) is 43.5 Å². The molecule has 178 valence electrons. The third kappa shape index (κ3) is 6.52. The molecule has 2 amide bonds. The predicted octanol–water partition coefficient (Wildman–Crippen LogP) is 3.05. The third-order valence-electron chi connectivity index (χ3n) is 6.00. The van der Waals surface area contributed by atoms with Gasteiger partial charge in [0.15, 0.2) is 0 Å². The standard InChI is InChI=1S/C25H34N4O4/c1-17-13-29(14-20-7-6-10-26-12-20)18(2)16-33-23-9-8-21(27-19(3)30)11-22(23)25(31)28(4)15-24(17)32-5/h6-12,17-18,24H,13-16H2,1-5H3,(H,27,30)/t17-,18-,24+/m1/s1. The molecule has 1 aromatic carbocycles. The lowest BCUT2D eigenvalue weighted by Gasteiger charge is -2.36. The predicted molar refractivity (Wildman–Crippen MR) is 127 cm³/mol. The van der Waals surface area contributed by atoms with Crippen molar-refractivity contribution in [1.82, 2.24) is 14.8 Å². The first-order valence-electron chi connectivity index (χ1n) is 11.2. The molecule has 0 aliphatic carbocycles. The van der Waals surface area contributed by atoms with Crippen LogP contribution in [0, 0.1) is 5.92 Å². The largest absolute Gasteiger partial charge is 0.491 e. The number of hydrogen-bond donors (Lipinski definition) is 1. The molecule has 0 unspecified atom stereocenters. The lowest BCUT2D eigenvalue weighted by molar-refractivity contribution is -0.114. The summed E-state index contributed by atoms with van der Waals surface area (Å²) in [5.41, 5.74) is 2.10. The quantitative estimate of drug-likeness (QED) is 0.765. The number of rotatable bonds is 4. The Morgan fingerprint density at radius 3 is 2.73 bits per heavy atom. The highest BCUT2D eigenvalue weighted by atomic mass is 16.5. The molecule has 0 bridgehead atoms. The molecular formula is C25H34N4O4. The van der Waals surface area contributed by atoms with Crippen LogP contribution < -0.4 is 10.1 Å². The number of methoxy groups -OCH3 is 1. The number of nitrogens with one attached hydrogen (secondary N) is 1. The fourth-order valence-corrected chi connectivity index (χ4v) is 4.08. The zero-order valence-corrected chi connectivity index (χ0v) is 20.1. The monoisotopic (exact) mass is 454 g/mol. The van der Waals surface area contributed by atoms with Crippen LogP contribution >= 0.6 is 0 Å². The number of anilines is 1. The van der Waals surface area contributed by atoms with Crippen LogP contribution in [0.5, 0.6) is 5.75 Å². The summed E-state index contributed by atoms with van der Waals surface area (Å²) < 4.78 is 12.0. The number of carbonyl (C=O) groups excluding carboxylic acids is 2. The number of hydrogen-bond acceptors (Lipinski definition) is 6. The molecule has 8 heteroatoms. The second-order valence-corrected chi connectivity index (χ2v) is 8.78. The highest BCUT2D eigenvalue weighted by Gasteiger charge is 2.28. The molecule has 1 aliphatic heterocycles. The van der Waals surface area contributed by atoms with Crippen LogP contribution in [0.1, 0.15) is 36.7 Å². The van der Waals surface area contributed by atoms with Gasteiger partial charge in [0.1, 0.15) is 12.4 Å². The molecule has 33 heavy (non-hydrogen) atoms. The number of pyridine rings is 1. The number of benzene rings is 1. The smallest absolute Gasteiger partial charge is 0.257 e. The van der Waals surface area contributed by atoms with E-state index in [2.05, 4.69) is 35.1 Å². The summed E-state index contributed by atoms with van der Waals surface area (Å²) in [5.74, 6) is 0.301. The molecule has 1 aromatic heterocycles. The average Bonchev–Trinajstić information content (AvgIpc) is 2.80. The van der Waals surface area contributed by atoms with Crippen molar-refractivity contribution in [3.05, 3.63) is 53.9 Å². The van der Waals surface area contributed by atoms with Gasteiger partial charge in [0.25, 0.3) is 5.91 Å². The fourth-order valence-electron chi connectivity index (χ4n) is 4.08. The highest BCUT2D eigenvalue weighted by Crippen LogP contribution is 2.26. The van der Waals surface area contributed by atoms with Crippen LogP contribution in [0.25, 0.3) is 0 Å². The number of likely N-dealkylation sites (N-methyl/N-ethyl adjacent to an activating group) is 1. The summed E-state index contributed by atoms with van der Waals surface area (Å²) in [4.78, 5) is 33.1. The van der Waals surface area contributed by atoms with Gasteiger partial charge in [0.2, 0.25) is 5.91 Å². The minimum absolute atomic E-state index is 0.0836. The SMILES string of the molecule is CO[C@H]1CN(C)C(=O)c2cc(NC(C)=O)ccc2OC[C@@H](C)N(Cc2cccnc2)C[C@H]1C. The minimum atomic E-state index is -0.197. The maximum absolute atomic E-state index is 13.3. The Bertz CT molecular complexity index is 953. The number of fused-ring (bicyclic) bond motifs is 1. The second-order valence-electron chi connectivity index (χ2n) is 8.78. The van der Waals surface area contributed by atoms with Crippen LogP contribution in [-0.4, -0.2) is 72.6 Å². The Hall–Kier alpha value is -2.97. The van der Waals surface area contributed by atoms with E-state index in [0.29, 0.717) is 30.2 Å². The average molecular weight is 455 g/mol. The van der Waals surface area contributed by atoms with Crippen molar-refractivity contribution >= 4 is 17.5 Å². The van der Waals surface area contributed by atoms with Crippen molar-refractivity contribution in [2.75, 3.05) is 39.2 Å². The zero-order valence-electron chi connectivity index (χ0n) is 20.1. The van der Waals surface area contributed by atoms with Crippen molar-refractivity contribution in [3.8, 4) is 5.75 Å². The number of carbonyl (C=O) groups is 2. The summed E-state index contributed by atoms with van der Waals surface area (Å²) in [5, 5.41) is 2.74. The van der Waals surface area contributed by atoms with Crippen LogP contribution in [0.2, 0.25) is 0 Å². The lowest BCUT2D eigenvalue weighted by atomic mass is 10.0. The fraction of sp³-hybridized carbons (Fsp3) is 0.480. The van der Waals surface area contributed by atoms with E-state index >= 15 is 0 Å². The Labute approximate surface area is 195 Å². The molecule has 0 spiro atoms. The van der Waals surface area contributed by atoms with E-state index in [1.165, 1.54) is 6.92 Å². The van der Waals surface area contributed by atoms with Crippen molar-refractivity contribution < 1.29 is 19.1 Å². The third-order valence-corrected chi connectivity index (χ3v) is 6.00. The van der Waals surface area contributed by atoms with E-state index < -0.39 is 0 Å². The number of aromatic nitrogens is 1. The van der Waals surface area contributed by atoms with Gasteiger partial charge in [0.05, 0.1) is 11.7 Å². The number of ether oxygens (including phenoxy) is 2. The van der Waals surface area contributed by atoms with Crippen LogP contribution in [0.15, 0.2) is 42.7 Å². The molecule has 2 aromatic rings. The maximum atomic E-state index is 13.3. The molecule has 0 radical (unpaired) electrons. The summed E-state index contributed by atoms with van der Waals surface area (Å²) in [6.07, 6.45) is 3.52. The molecule has 3 rings (SSSR count). The van der Waals surface area contributed by atoms with E-state index in [0.717, 1.165) is 18.7 Å². The molecule has 2 heterocycles. The summed E-state index contributed by atoms with van der Waals surface area (Å²) in [7, 11) is 3.45. The Morgan fingerprint density at radius 2 is 2.06 bits per heavy atom. The van der Waals surface area contributed by atoms with E-state index in [9.17, 15) is 9.59 Å². The van der Waals surface area contributed by atoms with Crippen LogP contribution in [0.3, 0.4) is 0 Å². The molecule has 1 aliphatic rings. The van der Waals surface area contributed by atoms with Gasteiger partial charge in [-0.25, -0.2) is 0 Å². The van der Waals surface area contributed by atoms with Gasteiger partial charge in [0, 0.05) is 64.8 Å². The molecule has 8 nitrogen and oxygen atoms in total. The molecule has 3 atom stereocenters. The van der Waals surface area contributed by atoms with E-state index in [1.807, 2.05) is 12.3 Å². The normalized spacial score (nSPS) is 22.5. The van der Waals surface area contributed by atoms with Crippen LogP contribution in [-0.2, 0) is 16.1 Å². The van der Waals surface area contributed by atoms with Gasteiger partial charge < -0.3 is 19.7 Å².